The van der Waals surface area contributed by atoms with Gasteiger partial charge in [-0.25, -0.2) is 13.4 Å². The second-order valence-electron chi connectivity index (χ2n) is 6.51. The molecule has 2 heterocycles. The van der Waals surface area contributed by atoms with Gasteiger partial charge in [-0.1, -0.05) is 23.2 Å². The molecule has 0 atom stereocenters. The lowest BCUT2D eigenvalue weighted by molar-refractivity contribution is 0.252. The van der Waals surface area contributed by atoms with Gasteiger partial charge in [0.05, 0.1) is 5.02 Å². The zero-order valence-electron chi connectivity index (χ0n) is 14.2. The standard InChI is InChI=1S/C17H21Cl2N3O2S/c1-12-9-17(16(19)10-15(12)18)25(23,24)22-6-3-14(4-7-22)11-21-8-5-20-13(21)2/h5,8-10,14H,3-4,6-7,11H2,1-2H3. The van der Waals surface area contributed by atoms with Crippen LogP contribution in [0.25, 0.3) is 0 Å². The summed E-state index contributed by atoms with van der Waals surface area (Å²) in [6.45, 7) is 5.62. The highest BCUT2D eigenvalue weighted by Crippen LogP contribution is 2.32. The van der Waals surface area contributed by atoms with E-state index in [0.717, 1.165) is 25.2 Å². The molecule has 0 bridgehead atoms. The van der Waals surface area contributed by atoms with Gasteiger partial charge in [-0.2, -0.15) is 4.31 Å². The molecule has 0 amide bonds. The van der Waals surface area contributed by atoms with E-state index >= 15 is 0 Å². The van der Waals surface area contributed by atoms with Gasteiger partial charge in [0, 0.05) is 37.1 Å². The van der Waals surface area contributed by atoms with Crippen molar-refractivity contribution in [2.75, 3.05) is 13.1 Å². The monoisotopic (exact) mass is 401 g/mol. The van der Waals surface area contributed by atoms with Crippen LogP contribution in [0.2, 0.25) is 10.0 Å². The summed E-state index contributed by atoms with van der Waals surface area (Å²) in [5, 5.41) is 0.644. The Hall–Kier alpha value is -1.08. The molecular weight excluding hydrogens is 381 g/mol. The molecule has 8 heteroatoms. The predicted octanol–water partition coefficient (Wildman–Crippen LogP) is 3.91. The summed E-state index contributed by atoms with van der Waals surface area (Å²) in [6, 6.07) is 3.06. The van der Waals surface area contributed by atoms with Crippen LogP contribution < -0.4 is 0 Å². The zero-order chi connectivity index (χ0) is 18.2. The van der Waals surface area contributed by atoms with E-state index in [0.29, 0.717) is 29.6 Å². The van der Waals surface area contributed by atoms with E-state index in [9.17, 15) is 8.42 Å². The molecule has 25 heavy (non-hydrogen) atoms. The summed E-state index contributed by atoms with van der Waals surface area (Å²) in [5.41, 5.74) is 0.704. The Bertz CT molecular complexity index is 872. The number of imidazole rings is 1. The SMILES string of the molecule is Cc1cc(S(=O)(=O)N2CCC(Cn3ccnc3C)CC2)c(Cl)cc1Cl. The number of hydrogen-bond acceptors (Lipinski definition) is 3. The molecule has 0 spiro atoms. The Morgan fingerprint density at radius 2 is 1.84 bits per heavy atom. The molecule has 1 saturated heterocycles. The van der Waals surface area contributed by atoms with Gasteiger partial charge in [0.1, 0.15) is 10.7 Å². The minimum Gasteiger partial charge on any atom is -0.335 e. The van der Waals surface area contributed by atoms with Gasteiger partial charge in [-0.15, -0.1) is 0 Å². The summed E-state index contributed by atoms with van der Waals surface area (Å²) in [4.78, 5) is 4.37. The normalized spacial score (nSPS) is 17.1. The number of aryl methyl sites for hydroxylation is 2. The summed E-state index contributed by atoms with van der Waals surface area (Å²) in [6.07, 6.45) is 5.40. The Morgan fingerprint density at radius 1 is 1.16 bits per heavy atom. The number of hydrogen-bond donors (Lipinski definition) is 0. The van der Waals surface area contributed by atoms with Crippen molar-refractivity contribution >= 4 is 33.2 Å². The molecule has 0 aliphatic carbocycles. The van der Waals surface area contributed by atoms with Crippen molar-refractivity contribution in [1.82, 2.24) is 13.9 Å². The Balaban J connectivity index is 1.71. The van der Waals surface area contributed by atoms with Crippen molar-refractivity contribution in [1.29, 1.82) is 0 Å². The van der Waals surface area contributed by atoms with Gasteiger partial charge in [-0.3, -0.25) is 0 Å². The van der Waals surface area contributed by atoms with Crippen LogP contribution in [0.3, 0.4) is 0 Å². The number of sulfonamides is 1. The lowest BCUT2D eigenvalue weighted by Gasteiger charge is -2.31. The minimum atomic E-state index is -3.60. The van der Waals surface area contributed by atoms with Crippen molar-refractivity contribution < 1.29 is 8.42 Å². The van der Waals surface area contributed by atoms with Gasteiger partial charge in [0.25, 0.3) is 0 Å². The number of aromatic nitrogens is 2. The average Bonchev–Trinajstić information content (AvgIpc) is 2.96. The summed E-state index contributed by atoms with van der Waals surface area (Å²) < 4.78 is 29.5. The van der Waals surface area contributed by atoms with E-state index in [1.165, 1.54) is 10.4 Å². The van der Waals surface area contributed by atoms with Crippen LogP contribution in [0.1, 0.15) is 24.2 Å². The van der Waals surface area contributed by atoms with E-state index in [4.69, 9.17) is 23.2 Å². The number of rotatable bonds is 4. The molecule has 1 aromatic carbocycles. The smallest absolute Gasteiger partial charge is 0.244 e. The first-order chi connectivity index (χ1) is 11.8. The average molecular weight is 402 g/mol. The third-order valence-corrected chi connectivity index (χ3v) is 7.55. The second-order valence-corrected chi connectivity index (χ2v) is 9.23. The van der Waals surface area contributed by atoms with Gasteiger partial charge >= 0.3 is 0 Å². The maximum Gasteiger partial charge on any atom is 0.244 e. The van der Waals surface area contributed by atoms with Crippen molar-refractivity contribution in [3.8, 4) is 0 Å². The number of halogens is 2. The van der Waals surface area contributed by atoms with Crippen LogP contribution in [0.4, 0.5) is 0 Å². The lowest BCUT2D eigenvalue weighted by Crippen LogP contribution is -2.39. The number of piperidine rings is 1. The van der Waals surface area contributed by atoms with Crippen LogP contribution >= 0.6 is 23.2 Å². The molecule has 0 saturated carbocycles. The quantitative estimate of drug-likeness (QED) is 0.779. The van der Waals surface area contributed by atoms with Crippen molar-refractivity contribution in [2.24, 2.45) is 5.92 Å². The molecule has 1 aliphatic rings. The van der Waals surface area contributed by atoms with E-state index in [1.807, 2.05) is 13.1 Å². The van der Waals surface area contributed by atoms with Gasteiger partial charge in [-0.05, 0) is 50.3 Å². The molecule has 0 unspecified atom stereocenters. The molecule has 0 radical (unpaired) electrons. The maximum atomic E-state index is 12.9. The first-order valence-electron chi connectivity index (χ1n) is 8.22. The van der Waals surface area contributed by atoms with Crippen molar-refractivity contribution in [3.63, 3.8) is 0 Å². The van der Waals surface area contributed by atoms with Crippen molar-refractivity contribution in [3.05, 3.63) is 46.0 Å². The second kappa shape index (κ2) is 7.27. The Labute approximate surface area is 158 Å². The van der Waals surface area contributed by atoms with E-state index in [1.54, 1.807) is 19.2 Å². The molecule has 0 N–H and O–H groups in total. The fourth-order valence-corrected chi connectivity index (χ4v) is 5.45. The zero-order valence-corrected chi connectivity index (χ0v) is 16.6. The Kier molecular flexibility index (Phi) is 5.44. The minimum absolute atomic E-state index is 0.139. The van der Waals surface area contributed by atoms with E-state index < -0.39 is 10.0 Å². The van der Waals surface area contributed by atoms with Crippen LogP contribution in [-0.2, 0) is 16.6 Å². The highest BCUT2D eigenvalue weighted by atomic mass is 35.5. The third-order valence-electron chi connectivity index (χ3n) is 4.78. The van der Waals surface area contributed by atoms with Crippen LogP contribution in [0.15, 0.2) is 29.4 Å². The Morgan fingerprint density at radius 3 is 2.44 bits per heavy atom. The van der Waals surface area contributed by atoms with Crippen LogP contribution in [-0.4, -0.2) is 35.4 Å². The molecule has 3 rings (SSSR count). The number of benzene rings is 1. The van der Waals surface area contributed by atoms with Gasteiger partial charge < -0.3 is 4.57 Å². The molecule has 136 valence electrons. The largest absolute Gasteiger partial charge is 0.335 e. The summed E-state index contributed by atoms with van der Waals surface area (Å²) in [7, 11) is -3.60. The fraction of sp³-hybridized carbons (Fsp3) is 0.471. The third kappa shape index (κ3) is 3.87. The van der Waals surface area contributed by atoms with E-state index in [-0.39, 0.29) is 9.92 Å². The topological polar surface area (TPSA) is 55.2 Å². The molecular formula is C17H21Cl2N3O2S. The van der Waals surface area contributed by atoms with Crippen LogP contribution in [0, 0.1) is 19.8 Å². The van der Waals surface area contributed by atoms with Gasteiger partial charge in [0.2, 0.25) is 10.0 Å². The number of nitrogens with zero attached hydrogens (tertiary/aromatic N) is 3. The van der Waals surface area contributed by atoms with Crippen LogP contribution in [0.5, 0.6) is 0 Å². The summed E-state index contributed by atoms with van der Waals surface area (Å²) in [5.74, 6) is 1.43. The lowest BCUT2D eigenvalue weighted by atomic mass is 9.98. The van der Waals surface area contributed by atoms with E-state index in [2.05, 4.69) is 9.55 Å². The summed E-state index contributed by atoms with van der Waals surface area (Å²) >= 11 is 12.2. The van der Waals surface area contributed by atoms with Gasteiger partial charge in [0.15, 0.2) is 0 Å². The highest BCUT2D eigenvalue weighted by molar-refractivity contribution is 7.89. The predicted molar refractivity (Wildman–Crippen MR) is 99.6 cm³/mol. The first-order valence-corrected chi connectivity index (χ1v) is 10.4. The molecule has 2 aromatic rings. The molecule has 5 nitrogen and oxygen atoms in total. The molecule has 1 fully saturated rings. The molecule has 1 aliphatic heterocycles. The van der Waals surface area contributed by atoms with Crippen molar-refractivity contribution in [2.45, 2.75) is 38.1 Å². The highest BCUT2D eigenvalue weighted by Gasteiger charge is 2.31. The fourth-order valence-electron chi connectivity index (χ4n) is 3.17. The maximum absolute atomic E-state index is 12.9. The first kappa shape index (κ1) is 18.7. The molecule has 1 aromatic heterocycles.